The van der Waals surface area contributed by atoms with E-state index in [1.807, 2.05) is 35.0 Å². The molecule has 0 aliphatic heterocycles. The second-order valence-electron chi connectivity index (χ2n) is 6.01. The molecule has 0 bridgehead atoms. The van der Waals surface area contributed by atoms with E-state index in [1.165, 1.54) is 33.6 Å². The lowest BCUT2D eigenvalue weighted by Crippen LogP contribution is -2.21. The highest BCUT2D eigenvalue weighted by atomic mass is 35.5. The fourth-order valence-corrected chi connectivity index (χ4v) is 4.57. The average Bonchev–Trinajstić information content (AvgIpc) is 3.45. The smallest absolute Gasteiger partial charge is 0.268 e. The van der Waals surface area contributed by atoms with Gasteiger partial charge in [0.05, 0.1) is 23.1 Å². The van der Waals surface area contributed by atoms with Gasteiger partial charge in [0.2, 0.25) is 0 Å². The molecule has 9 heteroatoms. The Kier molecular flexibility index (Phi) is 4.31. The van der Waals surface area contributed by atoms with Gasteiger partial charge in [0.1, 0.15) is 4.83 Å². The van der Waals surface area contributed by atoms with Gasteiger partial charge in [0.25, 0.3) is 11.4 Å². The zero-order valence-corrected chi connectivity index (χ0v) is 16.6. The SMILES string of the molecule is O=c1c2c(-c3ccc(Cl)cc3)csc2ncn1Cc1noc(-c2cccs2)n1. The second-order valence-corrected chi connectivity index (χ2v) is 8.25. The quantitative estimate of drug-likeness (QED) is 0.407. The van der Waals surface area contributed by atoms with Crippen LogP contribution in [0.15, 0.2) is 62.8 Å². The first-order valence-electron chi connectivity index (χ1n) is 8.28. The van der Waals surface area contributed by atoms with Crippen molar-refractivity contribution in [2.24, 2.45) is 0 Å². The van der Waals surface area contributed by atoms with Crippen LogP contribution in [-0.2, 0) is 6.54 Å². The summed E-state index contributed by atoms with van der Waals surface area (Å²) in [7, 11) is 0. The molecule has 0 atom stereocenters. The van der Waals surface area contributed by atoms with Crippen LogP contribution in [0, 0.1) is 0 Å². The Morgan fingerprint density at radius 3 is 2.79 bits per heavy atom. The molecule has 0 saturated heterocycles. The van der Waals surface area contributed by atoms with E-state index in [-0.39, 0.29) is 12.1 Å². The zero-order valence-electron chi connectivity index (χ0n) is 14.2. The highest BCUT2D eigenvalue weighted by molar-refractivity contribution is 7.17. The van der Waals surface area contributed by atoms with E-state index in [2.05, 4.69) is 15.1 Å². The number of benzene rings is 1. The Morgan fingerprint density at radius 2 is 2.00 bits per heavy atom. The molecule has 0 unspecified atom stereocenters. The summed E-state index contributed by atoms with van der Waals surface area (Å²) in [6, 6.07) is 11.2. The van der Waals surface area contributed by atoms with Crippen LogP contribution >= 0.6 is 34.3 Å². The van der Waals surface area contributed by atoms with Crippen molar-refractivity contribution in [2.45, 2.75) is 6.54 Å². The van der Waals surface area contributed by atoms with Crippen LogP contribution < -0.4 is 5.56 Å². The number of fused-ring (bicyclic) bond motifs is 1. The molecule has 1 aromatic carbocycles. The first-order valence-corrected chi connectivity index (χ1v) is 10.4. The van der Waals surface area contributed by atoms with Crippen LogP contribution in [0.25, 0.3) is 32.1 Å². The molecule has 0 aliphatic rings. The number of thiophene rings is 2. The molecule has 6 nitrogen and oxygen atoms in total. The molecule has 0 saturated carbocycles. The lowest BCUT2D eigenvalue weighted by atomic mass is 10.1. The molecule has 0 radical (unpaired) electrons. The Labute approximate surface area is 171 Å². The molecule has 0 aliphatic carbocycles. The van der Waals surface area contributed by atoms with Crippen molar-refractivity contribution >= 4 is 44.5 Å². The van der Waals surface area contributed by atoms with E-state index in [0.717, 1.165) is 16.0 Å². The highest BCUT2D eigenvalue weighted by Crippen LogP contribution is 2.31. The number of hydrogen-bond acceptors (Lipinski definition) is 7. The maximum absolute atomic E-state index is 13.1. The largest absolute Gasteiger partial charge is 0.333 e. The Bertz CT molecular complexity index is 1320. The molecule has 138 valence electrons. The summed E-state index contributed by atoms with van der Waals surface area (Å²) in [5, 5.41) is 9.10. The molecule has 28 heavy (non-hydrogen) atoms. The first kappa shape index (κ1) is 17.3. The third-order valence-corrected chi connectivity index (χ3v) is 6.22. The molecule has 4 heterocycles. The third kappa shape index (κ3) is 3.05. The van der Waals surface area contributed by atoms with Crippen LogP contribution in [0.4, 0.5) is 0 Å². The number of rotatable bonds is 4. The van der Waals surface area contributed by atoms with Crippen LogP contribution in [0.1, 0.15) is 5.82 Å². The predicted octanol–water partition coefficient (Wildman–Crippen LogP) is 4.94. The number of halogens is 1. The predicted molar refractivity (Wildman–Crippen MR) is 111 cm³/mol. The molecular formula is C19H11ClN4O2S2. The van der Waals surface area contributed by atoms with Crippen molar-refractivity contribution in [3.8, 4) is 21.9 Å². The van der Waals surface area contributed by atoms with Crippen LogP contribution in [0.3, 0.4) is 0 Å². The van der Waals surface area contributed by atoms with E-state index in [0.29, 0.717) is 27.0 Å². The standard InChI is InChI=1S/C19H11ClN4O2S2/c20-12-5-3-11(4-6-12)13-9-28-18-16(13)19(25)24(10-21-18)8-15-22-17(26-23-15)14-2-1-7-27-14/h1-7,9-10H,8H2. The first-order chi connectivity index (χ1) is 13.7. The highest BCUT2D eigenvalue weighted by Gasteiger charge is 2.15. The van der Waals surface area contributed by atoms with Gasteiger partial charge in [0.15, 0.2) is 5.82 Å². The number of nitrogens with zero attached hydrogens (tertiary/aromatic N) is 4. The zero-order chi connectivity index (χ0) is 19.1. The van der Waals surface area contributed by atoms with Crippen molar-refractivity contribution in [2.75, 3.05) is 0 Å². The van der Waals surface area contributed by atoms with Gasteiger partial charge in [-0.3, -0.25) is 9.36 Å². The molecule has 0 fully saturated rings. The van der Waals surface area contributed by atoms with Crippen molar-refractivity contribution < 1.29 is 4.52 Å². The van der Waals surface area contributed by atoms with Crippen LogP contribution in [0.2, 0.25) is 5.02 Å². The van der Waals surface area contributed by atoms with Gasteiger partial charge in [-0.25, -0.2) is 4.98 Å². The molecule has 4 aromatic heterocycles. The summed E-state index contributed by atoms with van der Waals surface area (Å²) in [6.07, 6.45) is 1.52. The van der Waals surface area contributed by atoms with Gasteiger partial charge in [-0.1, -0.05) is 35.0 Å². The summed E-state index contributed by atoms with van der Waals surface area (Å²) in [5.74, 6) is 0.874. The minimum absolute atomic E-state index is 0.140. The number of hydrogen-bond donors (Lipinski definition) is 0. The lowest BCUT2D eigenvalue weighted by Gasteiger charge is -2.04. The van der Waals surface area contributed by atoms with Crippen LogP contribution in [0.5, 0.6) is 0 Å². The normalized spacial score (nSPS) is 11.3. The van der Waals surface area contributed by atoms with Crippen molar-refractivity contribution in [3.05, 3.63) is 74.7 Å². The van der Waals surface area contributed by atoms with E-state index in [4.69, 9.17) is 16.1 Å². The lowest BCUT2D eigenvalue weighted by molar-refractivity contribution is 0.421. The summed E-state index contributed by atoms with van der Waals surface area (Å²) in [5.41, 5.74) is 1.63. The Morgan fingerprint density at radius 1 is 1.14 bits per heavy atom. The molecule has 0 spiro atoms. The van der Waals surface area contributed by atoms with Gasteiger partial charge in [-0.2, -0.15) is 4.98 Å². The van der Waals surface area contributed by atoms with Crippen LogP contribution in [-0.4, -0.2) is 19.7 Å². The summed E-state index contributed by atoms with van der Waals surface area (Å²) < 4.78 is 6.80. The average molecular weight is 427 g/mol. The van der Waals surface area contributed by atoms with E-state index >= 15 is 0 Å². The fraction of sp³-hybridized carbons (Fsp3) is 0.0526. The van der Waals surface area contributed by atoms with Crippen molar-refractivity contribution in [1.82, 2.24) is 19.7 Å². The van der Waals surface area contributed by atoms with Gasteiger partial charge >= 0.3 is 0 Å². The summed E-state index contributed by atoms with van der Waals surface area (Å²) in [4.78, 5) is 23.5. The summed E-state index contributed by atoms with van der Waals surface area (Å²) >= 11 is 8.94. The van der Waals surface area contributed by atoms with Gasteiger partial charge in [-0.05, 0) is 29.1 Å². The van der Waals surface area contributed by atoms with Gasteiger partial charge in [-0.15, -0.1) is 22.7 Å². The van der Waals surface area contributed by atoms with Gasteiger partial charge in [0, 0.05) is 16.0 Å². The maximum atomic E-state index is 13.1. The van der Waals surface area contributed by atoms with Gasteiger partial charge < -0.3 is 4.52 Å². The van der Waals surface area contributed by atoms with Crippen molar-refractivity contribution in [3.63, 3.8) is 0 Å². The molecule has 5 aromatic rings. The topological polar surface area (TPSA) is 73.8 Å². The molecule has 5 rings (SSSR count). The second kappa shape index (κ2) is 6.97. The minimum atomic E-state index is -0.140. The van der Waals surface area contributed by atoms with E-state index in [1.54, 1.807) is 12.1 Å². The minimum Gasteiger partial charge on any atom is -0.333 e. The molecule has 0 amide bonds. The fourth-order valence-electron chi connectivity index (χ4n) is 2.89. The summed E-state index contributed by atoms with van der Waals surface area (Å²) in [6.45, 7) is 0.187. The Hall–Kier alpha value is -2.81. The maximum Gasteiger partial charge on any atom is 0.268 e. The van der Waals surface area contributed by atoms with E-state index < -0.39 is 0 Å². The number of aromatic nitrogens is 4. The van der Waals surface area contributed by atoms with Crippen molar-refractivity contribution in [1.29, 1.82) is 0 Å². The van der Waals surface area contributed by atoms with E-state index in [9.17, 15) is 4.79 Å². The third-order valence-electron chi connectivity index (χ3n) is 4.23. The molecule has 0 N–H and O–H groups in total. The molecular weight excluding hydrogens is 416 g/mol. The Balaban J connectivity index is 1.54. The monoisotopic (exact) mass is 426 g/mol.